The van der Waals surface area contributed by atoms with Gasteiger partial charge in [0.1, 0.15) is 18.3 Å². The molecule has 0 spiro atoms. The molecule has 9 nitrogen and oxygen atoms in total. The summed E-state index contributed by atoms with van der Waals surface area (Å²) in [7, 11) is -6.05. The standard InChI is InChI=1S/C22H28F2O9S/c1-9(12-6-10-3-2-4-11(5-10)7-12)31-19(25)15-14-8-13-16(15)20(26)32-17(13)18(14)33-21(27)22(23,24)34(28,29)30/h9-18H,2-8H2,1H3,(H,28,29,30). The molecule has 5 fully saturated rings. The van der Waals surface area contributed by atoms with Crippen LogP contribution in [0.15, 0.2) is 0 Å². The van der Waals surface area contributed by atoms with E-state index in [-0.39, 0.29) is 18.4 Å². The number of rotatable bonds is 6. The first-order chi connectivity index (χ1) is 15.9. The molecule has 0 radical (unpaired) electrons. The summed E-state index contributed by atoms with van der Waals surface area (Å²) in [5.41, 5.74) is 0. The van der Waals surface area contributed by atoms with Gasteiger partial charge in [-0.3, -0.25) is 14.1 Å². The molecule has 4 saturated carbocycles. The summed E-state index contributed by atoms with van der Waals surface area (Å²) in [4.78, 5) is 37.6. The number of fused-ring (bicyclic) bond motifs is 3. The lowest BCUT2D eigenvalue weighted by Gasteiger charge is -2.41. The molecule has 12 heteroatoms. The summed E-state index contributed by atoms with van der Waals surface area (Å²) in [6, 6.07) is 0. The van der Waals surface area contributed by atoms with Gasteiger partial charge in [0.05, 0.1) is 11.8 Å². The van der Waals surface area contributed by atoms with E-state index in [1.807, 2.05) is 6.92 Å². The average Bonchev–Trinajstić information content (AvgIpc) is 3.36. The number of carbonyl (C=O) groups excluding carboxylic acids is 3. The third kappa shape index (κ3) is 3.71. The molecule has 1 heterocycles. The number of esters is 3. The van der Waals surface area contributed by atoms with Crippen molar-refractivity contribution in [2.45, 2.75) is 75.4 Å². The van der Waals surface area contributed by atoms with Gasteiger partial charge in [0.15, 0.2) is 0 Å². The van der Waals surface area contributed by atoms with Crippen molar-refractivity contribution in [3.8, 4) is 0 Å². The quantitative estimate of drug-likeness (QED) is 0.327. The molecule has 1 saturated heterocycles. The van der Waals surface area contributed by atoms with Crippen LogP contribution in [0.1, 0.15) is 51.9 Å². The fourth-order valence-corrected chi connectivity index (χ4v) is 7.55. The van der Waals surface area contributed by atoms with E-state index in [2.05, 4.69) is 0 Å². The molecule has 0 aromatic carbocycles. The Balaban J connectivity index is 1.30. The second-order valence-corrected chi connectivity index (χ2v) is 12.1. The van der Waals surface area contributed by atoms with Crippen molar-refractivity contribution < 1.29 is 50.3 Å². The summed E-state index contributed by atoms with van der Waals surface area (Å²) in [5.74, 6) is -5.52. The van der Waals surface area contributed by atoms with Gasteiger partial charge in [0.25, 0.3) is 0 Å². The molecule has 0 aromatic rings. The van der Waals surface area contributed by atoms with E-state index in [0.29, 0.717) is 11.8 Å². The third-order valence-electron chi connectivity index (χ3n) is 8.75. The van der Waals surface area contributed by atoms with Gasteiger partial charge in [-0.2, -0.15) is 17.2 Å². The molecular formula is C22H28F2O9S. The van der Waals surface area contributed by atoms with Crippen molar-refractivity contribution in [1.29, 1.82) is 0 Å². The molecule has 34 heavy (non-hydrogen) atoms. The molecule has 9 unspecified atom stereocenters. The van der Waals surface area contributed by atoms with Crippen molar-refractivity contribution in [3.63, 3.8) is 0 Å². The topological polar surface area (TPSA) is 133 Å². The highest BCUT2D eigenvalue weighted by Crippen LogP contribution is 2.59. The predicted octanol–water partition coefficient (Wildman–Crippen LogP) is 2.33. The van der Waals surface area contributed by atoms with Gasteiger partial charge in [0, 0.05) is 11.8 Å². The Kier molecular flexibility index (Phi) is 5.70. The zero-order chi connectivity index (χ0) is 24.6. The van der Waals surface area contributed by atoms with Gasteiger partial charge in [0.2, 0.25) is 0 Å². The number of halogens is 2. The Bertz CT molecular complexity index is 986. The molecule has 0 aromatic heterocycles. The Morgan fingerprint density at radius 1 is 1.12 bits per heavy atom. The van der Waals surface area contributed by atoms with Crippen LogP contribution in [0, 0.1) is 41.4 Å². The highest BCUT2D eigenvalue weighted by Gasteiger charge is 2.71. The monoisotopic (exact) mass is 506 g/mol. The van der Waals surface area contributed by atoms with Crippen LogP contribution in [0.3, 0.4) is 0 Å². The van der Waals surface area contributed by atoms with E-state index in [1.165, 1.54) is 25.7 Å². The maximum Gasteiger partial charge on any atom is 0.465 e. The average molecular weight is 507 g/mol. The summed E-state index contributed by atoms with van der Waals surface area (Å²) < 4.78 is 73.8. The van der Waals surface area contributed by atoms with Crippen molar-refractivity contribution in [2.75, 3.05) is 0 Å². The van der Waals surface area contributed by atoms with Crippen molar-refractivity contribution in [3.05, 3.63) is 0 Å². The third-order valence-corrected chi connectivity index (χ3v) is 9.57. The fourth-order valence-electron chi connectivity index (χ4n) is 7.29. The molecule has 4 bridgehead atoms. The van der Waals surface area contributed by atoms with Gasteiger partial charge < -0.3 is 14.2 Å². The van der Waals surface area contributed by atoms with Crippen molar-refractivity contribution in [1.82, 2.24) is 0 Å². The lowest BCUT2D eigenvalue weighted by Crippen LogP contribution is -2.48. The van der Waals surface area contributed by atoms with Crippen LogP contribution in [-0.4, -0.2) is 54.4 Å². The molecule has 5 aliphatic rings. The molecule has 5 rings (SSSR count). The summed E-state index contributed by atoms with van der Waals surface area (Å²) >= 11 is 0. The molecular weight excluding hydrogens is 478 g/mol. The molecule has 4 aliphatic carbocycles. The van der Waals surface area contributed by atoms with Crippen LogP contribution in [-0.2, 0) is 38.7 Å². The van der Waals surface area contributed by atoms with E-state index >= 15 is 0 Å². The van der Waals surface area contributed by atoms with Gasteiger partial charge in [-0.15, -0.1) is 0 Å². The maximum absolute atomic E-state index is 13.8. The highest BCUT2D eigenvalue weighted by molar-refractivity contribution is 7.87. The van der Waals surface area contributed by atoms with E-state index in [9.17, 15) is 31.6 Å². The van der Waals surface area contributed by atoms with Gasteiger partial charge >= 0.3 is 33.3 Å². The number of alkyl halides is 2. The normalized spacial score (nSPS) is 41.6. The van der Waals surface area contributed by atoms with E-state index in [4.69, 9.17) is 18.8 Å². The summed E-state index contributed by atoms with van der Waals surface area (Å²) in [6.07, 6.45) is 4.11. The first-order valence-electron chi connectivity index (χ1n) is 11.9. The van der Waals surface area contributed by atoms with E-state index in [1.54, 1.807) is 0 Å². The van der Waals surface area contributed by atoms with E-state index in [0.717, 1.165) is 12.8 Å². The van der Waals surface area contributed by atoms with Crippen LogP contribution < -0.4 is 0 Å². The number of ether oxygens (including phenoxy) is 3. The molecule has 1 aliphatic heterocycles. The van der Waals surface area contributed by atoms with Gasteiger partial charge in [-0.25, -0.2) is 4.79 Å². The first kappa shape index (κ1) is 23.9. The minimum atomic E-state index is -6.05. The molecule has 190 valence electrons. The van der Waals surface area contributed by atoms with Crippen molar-refractivity contribution >= 4 is 28.0 Å². The lowest BCUT2D eigenvalue weighted by molar-refractivity contribution is -0.180. The highest BCUT2D eigenvalue weighted by atomic mass is 32.2. The Morgan fingerprint density at radius 3 is 2.38 bits per heavy atom. The minimum absolute atomic E-state index is 0.206. The SMILES string of the molecule is CC(OC(=O)C1C2CC3C(OC(=O)C31)C2OC(=O)C(F)(F)S(=O)(=O)O)C1CC2CCCC(C2)C1. The van der Waals surface area contributed by atoms with Crippen LogP contribution >= 0.6 is 0 Å². The van der Waals surface area contributed by atoms with Crippen LogP contribution in [0.25, 0.3) is 0 Å². The van der Waals surface area contributed by atoms with E-state index < -0.39 is 69.2 Å². The molecule has 0 amide bonds. The lowest BCUT2D eigenvalue weighted by atomic mass is 9.67. The van der Waals surface area contributed by atoms with Crippen molar-refractivity contribution in [2.24, 2.45) is 41.4 Å². The Labute approximate surface area is 195 Å². The van der Waals surface area contributed by atoms with Crippen LogP contribution in [0.5, 0.6) is 0 Å². The number of hydrogen-bond acceptors (Lipinski definition) is 8. The Hall–Kier alpha value is -1.82. The molecule has 1 N–H and O–H groups in total. The number of carbonyl (C=O) groups is 3. The maximum atomic E-state index is 13.8. The zero-order valence-electron chi connectivity index (χ0n) is 18.6. The molecule has 9 atom stereocenters. The fraction of sp³-hybridized carbons (Fsp3) is 0.864. The summed E-state index contributed by atoms with van der Waals surface area (Å²) in [5, 5.41) is -5.18. The summed E-state index contributed by atoms with van der Waals surface area (Å²) in [6.45, 7) is 1.83. The van der Waals surface area contributed by atoms with Crippen LogP contribution in [0.2, 0.25) is 0 Å². The smallest absolute Gasteiger partial charge is 0.462 e. The number of hydrogen-bond donors (Lipinski definition) is 1. The second kappa shape index (κ2) is 8.11. The Morgan fingerprint density at radius 2 is 1.76 bits per heavy atom. The van der Waals surface area contributed by atoms with Gasteiger partial charge in [-0.1, -0.05) is 19.3 Å². The predicted molar refractivity (Wildman–Crippen MR) is 109 cm³/mol. The first-order valence-corrected chi connectivity index (χ1v) is 13.3. The minimum Gasteiger partial charge on any atom is -0.462 e. The zero-order valence-corrected chi connectivity index (χ0v) is 19.4. The van der Waals surface area contributed by atoms with Gasteiger partial charge in [-0.05, 0) is 50.4 Å². The largest absolute Gasteiger partial charge is 0.465 e. The second-order valence-electron chi connectivity index (χ2n) is 10.7. The van der Waals surface area contributed by atoms with Crippen LogP contribution in [0.4, 0.5) is 8.78 Å².